The third-order valence-corrected chi connectivity index (χ3v) is 5.50. The fourth-order valence-corrected chi connectivity index (χ4v) is 3.90. The average molecular weight is 420 g/mol. The topological polar surface area (TPSA) is 115 Å². The van der Waals surface area contributed by atoms with Gasteiger partial charge in [0, 0.05) is 21.8 Å². The van der Waals surface area contributed by atoms with E-state index < -0.39 is 10.0 Å². The summed E-state index contributed by atoms with van der Waals surface area (Å²) in [6.07, 6.45) is 0.0516. The number of rotatable bonds is 5. The molecular weight excluding hydrogens is 402 g/mol. The molecule has 3 aromatic rings. The molecule has 0 unspecified atom stereocenters. The summed E-state index contributed by atoms with van der Waals surface area (Å²) >= 11 is 6.07. The molecule has 0 saturated heterocycles. The van der Waals surface area contributed by atoms with Crippen LogP contribution in [0, 0.1) is 13.8 Å². The van der Waals surface area contributed by atoms with Crippen molar-refractivity contribution in [2.75, 3.05) is 5.32 Å². The van der Waals surface area contributed by atoms with Crippen LogP contribution in [0.5, 0.6) is 0 Å². The van der Waals surface area contributed by atoms with Gasteiger partial charge in [-0.25, -0.2) is 13.6 Å². The predicted molar refractivity (Wildman–Crippen MR) is 107 cm³/mol. The molecule has 0 atom stereocenters. The molecule has 0 saturated carbocycles. The van der Waals surface area contributed by atoms with Crippen LogP contribution in [0.3, 0.4) is 0 Å². The summed E-state index contributed by atoms with van der Waals surface area (Å²) in [4.78, 5) is 12.2. The zero-order chi connectivity index (χ0) is 20.5. The number of halogens is 1. The first-order valence-electron chi connectivity index (χ1n) is 8.30. The van der Waals surface area contributed by atoms with Crippen molar-refractivity contribution in [2.24, 2.45) is 5.14 Å². The Bertz CT molecular complexity index is 1140. The second kappa shape index (κ2) is 7.75. The average Bonchev–Trinajstić information content (AvgIpc) is 2.95. The highest BCUT2D eigenvalue weighted by Crippen LogP contribution is 2.33. The lowest BCUT2D eigenvalue weighted by Gasteiger charge is -2.12. The minimum atomic E-state index is -4.06. The van der Waals surface area contributed by atoms with Gasteiger partial charge in [0.2, 0.25) is 15.9 Å². The molecular formula is C19H18ClN3O4S. The quantitative estimate of drug-likeness (QED) is 0.657. The molecule has 0 bridgehead atoms. The fourth-order valence-electron chi connectivity index (χ4n) is 2.93. The van der Waals surface area contributed by atoms with Crippen LogP contribution >= 0.6 is 11.6 Å². The zero-order valence-electron chi connectivity index (χ0n) is 15.2. The number of primary sulfonamides is 1. The van der Waals surface area contributed by atoms with Crippen molar-refractivity contribution >= 4 is 33.2 Å². The van der Waals surface area contributed by atoms with Gasteiger partial charge in [-0.15, -0.1) is 0 Å². The van der Waals surface area contributed by atoms with Gasteiger partial charge in [-0.2, -0.15) is 0 Å². The number of anilines is 1. The van der Waals surface area contributed by atoms with E-state index in [4.69, 9.17) is 21.3 Å². The summed E-state index contributed by atoms with van der Waals surface area (Å²) in [6.45, 7) is 3.39. The van der Waals surface area contributed by atoms with Crippen LogP contribution < -0.4 is 10.5 Å². The first-order chi connectivity index (χ1) is 13.2. The van der Waals surface area contributed by atoms with Crippen molar-refractivity contribution < 1.29 is 17.7 Å². The van der Waals surface area contributed by atoms with E-state index in [1.54, 1.807) is 50.2 Å². The molecule has 28 heavy (non-hydrogen) atoms. The minimum absolute atomic E-state index is 0.0516. The summed E-state index contributed by atoms with van der Waals surface area (Å²) in [5.74, 6) is 0.136. The lowest BCUT2D eigenvalue weighted by molar-refractivity contribution is -0.115. The molecule has 2 aromatic carbocycles. The summed E-state index contributed by atoms with van der Waals surface area (Å²) < 4.78 is 29.4. The van der Waals surface area contributed by atoms with Gasteiger partial charge in [0.05, 0.1) is 17.0 Å². The lowest BCUT2D eigenvalue weighted by Crippen LogP contribution is -2.17. The first kappa shape index (κ1) is 20.1. The molecule has 3 rings (SSSR count). The smallest absolute Gasteiger partial charge is 0.238 e. The standard InChI is InChI=1S/C19H18ClN3O4S/c1-11-19(12(2)27-23-11)15-8-7-14(10-17(15)28(21,25)26)22-18(24)9-13-5-3-4-6-16(13)20/h3-8,10H,9H2,1-2H3,(H,22,24)(H2,21,25,26). The highest BCUT2D eigenvalue weighted by Gasteiger charge is 2.22. The van der Waals surface area contributed by atoms with Crippen molar-refractivity contribution in [3.63, 3.8) is 0 Å². The van der Waals surface area contributed by atoms with E-state index in [0.29, 0.717) is 38.9 Å². The first-order valence-corrected chi connectivity index (χ1v) is 10.2. The molecule has 0 aliphatic carbocycles. The van der Waals surface area contributed by atoms with E-state index in [1.165, 1.54) is 6.07 Å². The van der Waals surface area contributed by atoms with Gasteiger partial charge in [0.25, 0.3) is 0 Å². The van der Waals surface area contributed by atoms with Crippen LogP contribution in [0.4, 0.5) is 5.69 Å². The summed E-state index contributed by atoms with van der Waals surface area (Å²) in [6, 6.07) is 11.5. The molecule has 1 aromatic heterocycles. The Morgan fingerprint density at radius 1 is 1.21 bits per heavy atom. The third kappa shape index (κ3) is 4.24. The molecule has 1 heterocycles. The maximum atomic E-state index is 12.3. The molecule has 9 heteroatoms. The number of hydrogen-bond donors (Lipinski definition) is 2. The fraction of sp³-hybridized carbons (Fsp3) is 0.158. The Kier molecular flexibility index (Phi) is 5.55. The van der Waals surface area contributed by atoms with Crippen LogP contribution in [0.25, 0.3) is 11.1 Å². The van der Waals surface area contributed by atoms with E-state index in [1.807, 2.05) is 0 Å². The number of amides is 1. The number of aromatic nitrogens is 1. The second-order valence-electron chi connectivity index (χ2n) is 6.27. The van der Waals surface area contributed by atoms with Gasteiger partial charge in [-0.05, 0) is 37.6 Å². The number of sulfonamides is 1. The molecule has 0 spiro atoms. The molecule has 0 aliphatic heterocycles. The summed E-state index contributed by atoms with van der Waals surface area (Å²) in [5, 5.41) is 12.4. The highest BCUT2D eigenvalue weighted by atomic mass is 35.5. The van der Waals surface area contributed by atoms with Crippen molar-refractivity contribution in [1.82, 2.24) is 5.16 Å². The van der Waals surface area contributed by atoms with Crippen molar-refractivity contribution in [3.8, 4) is 11.1 Å². The van der Waals surface area contributed by atoms with E-state index in [2.05, 4.69) is 10.5 Å². The van der Waals surface area contributed by atoms with Crippen molar-refractivity contribution in [1.29, 1.82) is 0 Å². The summed E-state index contributed by atoms with van der Waals surface area (Å²) in [5.41, 5.74) is 2.43. The highest BCUT2D eigenvalue weighted by molar-refractivity contribution is 7.89. The van der Waals surface area contributed by atoms with Crippen LogP contribution in [-0.2, 0) is 21.2 Å². The normalized spacial score (nSPS) is 11.4. The van der Waals surface area contributed by atoms with Crippen LogP contribution in [-0.4, -0.2) is 19.5 Å². The predicted octanol–water partition coefficient (Wildman–Crippen LogP) is 3.44. The number of benzene rings is 2. The molecule has 0 aliphatic rings. The number of hydrogen-bond acceptors (Lipinski definition) is 5. The molecule has 3 N–H and O–H groups in total. The van der Waals surface area contributed by atoms with Gasteiger partial charge in [0.15, 0.2) is 0 Å². The van der Waals surface area contributed by atoms with Gasteiger partial charge < -0.3 is 9.84 Å². The second-order valence-corrected chi connectivity index (χ2v) is 8.21. The monoisotopic (exact) mass is 419 g/mol. The number of nitrogens with one attached hydrogen (secondary N) is 1. The number of nitrogens with two attached hydrogens (primary N) is 1. The maximum absolute atomic E-state index is 12.3. The van der Waals surface area contributed by atoms with E-state index in [9.17, 15) is 13.2 Å². The molecule has 1 amide bonds. The van der Waals surface area contributed by atoms with Gasteiger partial charge >= 0.3 is 0 Å². The zero-order valence-corrected chi connectivity index (χ0v) is 16.8. The van der Waals surface area contributed by atoms with Gasteiger partial charge in [0.1, 0.15) is 5.76 Å². The number of nitrogens with zero attached hydrogens (tertiary/aromatic N) is 1. The molecule has 0 fully saturated rings. The van der Waals surface area contributed by atoms with E-state index >= 15 is 0 Å². The van der Waals surface area contributed by atoms with Crippen LogP contribution in [0.1, 0.15) is 17.0 Å². The number of carbonyl (C=O) groups is 1. The van der Waals surface area contributed by atoms with Crippen LogP contribution in [0.15, 0.2) is 51.9 Å². The van der Waals surface area contributed by atoms with E-state index in [0.717, 1.165) is 0 Å². The number of aryl methyl sites for hydroxylation is 2. The Morgan fingerprint density at radius 2 is 1.93 bits per heavy atom. The SMILES string of the molecule is Cc1noc(C)c1-c1ccc(NC(=O)Cc2ccccc2Cl)cc1S(N)(=O)=O. The van der Waals surface area contributed by atoms with Gasteiger partial charge in [-0.1, -0.05) is 41.0 Å². The summed E-state index contributed by atoms with van der Waals surface area (Å²) in [7, 11) is -4.06. The van der Waals surface area contributed by atoms with E-state index in [-0.39, 0.29) is 17.2 Å². The maximum Gasteiger partial charge on any atom is 0.238 e. The largest absolute Gasteiger partial charge is 0.361 e. The number of carbonyl (C=O) groups excluding carboxylic acids is 1. The third-order valence-electron chi connectivity index (χ3n) is 4.18. The molecule has 7 nitrogen and oxygen atoms in total. The molecule has 0 radical (unpaired) electrons. The Labute approximate surface area is 167 Å². The Hall–Kier alpha value is -2.68. The minimum Gasteiger partial charge on any atom is -0.361 e. The Balaban J connectivity index is 1.94. The van der Waals surface area contributed by atoms with Crippen LogP contribution in [0.2, 0.25) is 5.02 Å². The van der Waals surface area contributed by atoms with Crippen molar-refractivity contribution in [2.45, 2.75) is 25.2 Å². The Morgan fingerprint density at radius 3 is 2.54 bits per heavy atom. The molecule has 146 valence electrons. The van der Waals surface area contributed by atoms with Crippen molar-refractivity contribution in [3.05, 3.63) is 64.5 Å². The lowest BCUT2D eigenvalue weighted by atomic mass is 10.0. The van der Waals surface area contributed by atoms with Gasteiger partial charge in [-0.3, -0.25) is 4.79 Å².